The highest BCUT2D eigenvalue weighted by atomic mass is 32.2. The third-order valence-corrected chi connectivity index (χ3v) is 4.03. The van der Waals surface area contributed by atoms with Gasteiger partial charge in [0.2, 0.25) is 0 Å². The molecule has 0 fully saturated rings. The van der Waals surface area contributed by atoms with Gasteiger partial charge in [0, 0.05) is 6.42 Å². The summed E-state index contributed by atoms with van der Waals surface area (Å²) >= 11 is 0. The average molecular weight is 238 g/mol. The molecule has 0 aliphatic carbocycles. The van der Waals surface area contributed by atoms with Gasteiger partial charge in [-0.05, 0) is 17.7 Å². The monoisotopic (exact) mass is 238 g/mol. The predicted molar refractivity (Wildman–Crippen MR) is 61.5 cm³/mol. The Bertz CT molecular complexity index is 486. The molecule has 1 rings (SSSR count). The molecular weight excluding hydrogens is 224 g/mol. The molecular formula is C11H14N2O2S. The highest BCUT2D eigenvalue weighted by Crippen LogP contribution is 2.13. The second kappa shape index (κ2) is 5.10. The summed E-state index contributed by atoms with van der Waals surface area (Å²) in [6, 6.07) is 7.88. The third-order valence-electron chi connectivity index (χ3n) is 2.28. The first-order valence-electron chi connectivity index (χ1n) is 4.96. The number of sulfone groups is 1. The molecule has 0 heterocycles. The molecule has 0 spiro atoms. The molecule has 0 aromatic heterocycles. The number of nitrogens with zero attached hydrogens (tertiary/aromatic N) is 1. The molecule has 1 unspecified atom stereocenters. The van der Waals surface area contributed by atoms with Crippen molar-refractivity contribution in [1.82, 2.24) is 0 Å². The maximum Gasteiger partial charge on any atom is 0.178 e. The molecule has 0 aliphatic rings. The Morgan fingerprint density at radius 2 is 1.94 bits per heavy atom. The molecule has 16 heavy (non-hydrogen) atoms. The van der Waals surface area contributed by atoms with Gasteiger partial charge >= 0.3 is 0 Å². The zero-order valence-corrected chi connectivity index (χ0v) is 9.87. The molecule has 86 valence electrons. The van der Waals surface area contributed by atoms with E-state index in [1.165, 1.54) is 0 Å². The number of benzene rings is 1. The lowest BCUT2D eigenvalue weighted by atomic mass is 10.1. The van der Waals surface area contributed by atoms with Gasteiger partial charge in [-0.2, -0.15) is 5.26 Å². The molecule has 4 nitrogen and oxygen atoms in total. The summed E-state index contributed by atoms with van der Waals surface area (Å²) in [7, 11) is -3.15. The SMILES string of the molecule is CCS(=O)(=O)c1ccc(CC(N)C#N)cc1. The van der Waals surface area contributed by atoms with Crippen LogP contribution in [0.5, 0.6) is 0 Å². The summed E-state index contributed by atoms with van der Waals surface area (Å²) in [5.74, 6) is 0.0874. The fourth-order valence-electron chi connectivity index (χ4n) is 1.30. The van der Waals surface area contributed by atoms with Gasteiger partial charge in [0.25, 0.3) is 0 Å². The van der Waals surface area contributed by atoms with Crippen LogP contribution in [0.4, 0.5) is 0 Å². The molecule has 2 N–H and O–H groups in total. The Morgan fingerprint density at radius 1 is 1.38 bits per heavy atom. The van der Waals surface area contributed by atoms with E-state index in [1.54, 1.807) is 31.2 Å². The molecule has 1 atom stereocenters. The standard InChI is InChI=1S/C11H14N2O2S/c1-2-16(14,15)11-5-3-9(4-6-11)7-10(13)8-12/h3-6,10H,2,7,13H2,1H3. The zero-order chi connectivity index (χ0) is 12.2. The Kier molecular flexibility index (Phi) is 4.05. The van der Waals surface area contributed by atoms with Gasteiger partial charge in [-0.1, -0.05) is 19.1 Å². The summed E-state index contributed by atoms with van der Waals surface area (Å²) in [4.78, 5) is 0.310. The van der Waals surface area contributed by atoms with Gasteiger partial charge < -0.3 is 5.73 Å². The Hall–Kier alpha value is -1.38. The number of rotatable bonds is 4. The molecule has 0 amide bonds. The van der Waals surface area contributed by atoms with Gasteiger partial charge in [-0.25, -0.2) is 8.42 Å². The Morgan fingerprint density at radius 3 is 2.38 bits per heavy atom. The van der Waals surface area contributed by atoms with Crippen molar-refractivity contribution >= 4 is 9.84 Å². The molecule has 0 saturated heterocycles. The maximum absolute atomic E-state index is 11.5. The van der Waals surface area contributed by atoms with Crippen LogP contribution in [0.1, 0.15) is 12.5 Å². The zero-order valence-electron chi connectivity index (χ0n) is 9.05. The van der Waals surface area contributed by atoms with Gasteiger partial charge in [0.05, 0.1) is 22.8 Å². The minimum atomic E-state index is -3.15. The van der Waals surface area contributed by atoms with Crippen molar-refractivity contribution < 1.29 is 8.42 Å². The lowest BCUT2D eigenvalue weighted by Gasteiger charge is -2.05. The molecule has 0 radical (unpaired) electrons. The minimum Gasteiger partial charge on any atom is -0.316 e. The van der Waals surface area contributed by atoms with E-state index in [9.17, 15) is 8.42 Å². The van der Waals surface area contributed by atoms with E-state index in [-0.39, 0.29) is 5.75 Å². The van der Waals surface area contributed by atoms with Crippen molar-refractivity contribution in [2.24, 2.45) is 5.73 Å². The third kappa shape index (κ3) is 3.05. The fourth-order valence-corrected chi connectivity index (χ4v) is 2.18. The first-order valence-corrected chi connectivity index (χ1v) is 6.61. The van der Waals surface area contributed by atoms with Crippen molar-refractivity contribution in [2.75, 3.05) is 5.75 Å². The van der Waals surface area contributed by atoms with Crippen LogP contribution in [0.3, 0.4) is 0 Å². The van der Waals surface area contributed by atoms with Gasteiger partial charge in [0.1, 0.15) is 0 Å². The number of nitrogens with two attached hydrogens (primary N) is 1. The average Bonchev–Trinajstić information content (AvgIpc) is 2.29. The first-order chi connectivity index (χ1) is 7.49. The molecule has 1 aromatic rings. The van der Waals surface area contributed by atoms with Crippen molar-refractivity contribution in [3.8, 4) is 6.07 Å². The lowest BCUT2D eigenvalue weighted by Crippen LogP contribution is -2.20. The topological polar surface area (TPSA) is 83.9 Å². The maximum atomic E-state index is 11.5. The fraction of sp³-hybridized carbons (Fsp3) is 0.364. The van der Waals surface area contributed by atoms with Crippen LogP contribution in [0.15, 0.2) is 29.2 Å². The van der Waals surface area contributed by atoms with Crippen molar-refractivity contribution in [3.63, 3.8) is 0 Å². The van der Waals surface area contributed by atoms with Gasteiger partial charge in [-0.3, -0.25) is 0 Å². The van der Waals surface area contributed by atoms with Crippen LogP contribution in [-0.4, -0.2) is 20.2 Å². The number of hydrogen-bond acceptors (Lipinski definition) is 4. The summed E-state index contributed by atoms with van der Waals surface area (Å²) < 4.78 is 23.0. The molecule has 0 aliphatic heterocycles. The Labute approximate surface area is 95.6 Å². The summed E-state index contributed by atoms with van der Waals surface area (Å²) in [6.45, 7) is 1.61. The smallest absolute Gasteiger partial charge is 0.178 e. The van der Waals surface area contributed by atoms with Gasteiger partial charge in [-0.15, -0.1) is 0 Å². The molecule has 1 aromatic carbocycles. The van der Waals surface area contributed by atoms with E-state index < -0.39 is 15.9 Å². The van der Waals surface area contributed by atoms with Gasteiger partial charge in [0.15, 0.2) is 9.84 Å². The predicted octanol–water partition coefficient (Wildman–Crippen LogP) is 0.874. The van der Waals surface area contributed by atoms with Crippen molar-refractivity contribution in [3.05, 3.63) is 29.8 Å². The number of nitriles is 1. The quantitative estimate of drug-likeness (QED) is 0.843. The van der Waals surface area contributed by atoms with E-state index in [4.69, 9.17) is 11.0 Å². The van der Waals surface area contributed by atoms with Crippen LogP contribution in [0.2, 0.25) is 0 Å². The van der Waals surface area contributed by atoms with E-state index >= 15 is 0 Å². The minimum absolute atomic E-state index is 0.0874. The normalized spacial score (nSPS) is 13.1. The highest BCUT2D eigenvalue weighted by Gasteiger charge is 2.11. The van der Waals surface area contributed by atoms with E-state index in [0.29, 0.717) is 11.3 Å². The summed E-state index contributed by atoms with van der Waals surface area (Å²) in [5, 5.41) is 8.55. The van der Waals surface area contributed by atoms with Crippen molar-refractivity contribution in [2.45, 2.75) is 24.3 Å². The molecule has 0 bridgehead atoms. The van der Waals surface area contributed by atoms with Crippen molar-refractivity contribution in [1.29, 1.82) is 5.26 Å². The first kappa shape index (κ1) is 12.7. The molecule has 0 saturated carbocycles. The van der Waals surface area contributed by atoms with Crippen LogP contribution in [0, 0.1) is 11.3 Å². The van der Waals surface area contributed by atoms with Crippen LogP contribution < -0.4 is 5.73 Å². The van der Waals surface area contributed by atoms with Crippen LogP contribution in [0.25, 0.3) is 0 Å². The lowest BCUT2D eigenvalue weighted by molar-refractivity contribution is 0.597. The van der Waals surface area contributed by atoms with E-state index in [1.807, 2.05) is 6.07 Å². The van der Waals surface area contributed by atoms with Crippen LogP contribution in [-0.2, 0) is 16.3 Å². The summed E-state index contributed by atoms with van der Waals surface area (Å²) in [5.41, 5.74) is 6.34. The highest BCUT2D eigenvalue weighted by molar-refractivity contribution is 7.91. The largest absolute Gasteiger partial charge is 0.316 e. The summed E-state index contributed by atoms with van der Waals surface area (Å²) in [6.07, 6.45) is 0.433. The van der Waals surface area contributed by atoms with E-state index in [0.717, 1.165) is 5.56 Å². The second-order valence-corrected chi connectivity index (χ2v) is 5.77. The Balaban J connectivity index is 2.89. The van der Waals surface area contributed by atoms with E-state index in [2.05, 4.69) is 0 Å². The van der Waals surface area contributed by atoms with Crippen LogP contribution >= 0.6 is 0 Å². The second-order valence-electron chi connectivity index (χ2n) is 3.49. The number of hydrogen-bond donors (Lipinski definition) is 1. The molecule has 5 heteroatoms.